The lowest BCUT2D eigenvalue weighted by molar-refractivity contribution is -0.122. The molecule has 2 aromatic rings. The van der Waals surface area contributed by atoms with Gasteiger partial charge >= 0.3 is 0 Å². The zero-order valence-corrected chi connectivity index (χ0v) is 14.2. The Morgan fingerprint density at radius 1 is 1.28 bits per heavy atom. The highest BCUT2D eigenvalue weighted by atomic mass is 19.1. The van der Waals surface area contributed by atoms with Gasteiger partial charge in [-0.05, 0) is 42.9 Å². The number of benzene rings is 1. The molecule has 1 aliphatic carbocycles. The Kier molecular flexibility index (Phi) is 4.51. The van der Waals surface area contributed by atoms with Crippen LogP contribution in [0.3, 0.4) is 0 Å². The van der Waals surface area contributed by atoms with E-state index in [-0.39, 0.29) is 23.6 Å². The number of hydrogen-bond acceptors (Lipinski definition) is 3. The van der Waals surface area contributed by atoms with E-state index in [1.165, 1.54) is 31.4 Å². The van der Waals surface area contributed by atoms with Gasteiger partial charge in [-0.3, -0.25) is 4.79 Å². The number of nitrogens with zero attached hydrogens (tertiary/aromatic N) is 3. The lowest BCUT2D eigenvalue weighted by Crippen LogP contribution is -2.28. The van der Waals surface area contributed by atoms with Gasteiger partial charge in [-0.1, -0.05) is 18.6 Å². The average molecular weight is 342 g/mol. The third-order valence-electron chi connectivity index (χ3n) is 5.24. The van der Waals surface area contributed by atoms with Crippen molar-refractivity contribution < 1.29 is 9.18 Å². The van der Waals surface area contributed by atoms with Crippen molar-refractivity contribution in [1.29, 1.82) is 0 Å². The Morgan fingerprint density at radius 2 is 2.20 bits per heavy atom. The predicted molar refractivity (Wildman–Crippen MR) is 91.5 cm³/mol. The number of carbonyl (C=O) groups excluding carboxylic acids is 1. The molecule has 1 aliphatic heterocycles. The Morgan fingerprint density at radius 3 is 3.08 bits per heavy atom. The molecule has 5 nitrogen and oxygen atoms in total. The molecule has 0 bridgehead atoms. The Hall–Kier alpha value is -2.24. The van der Waals surface area contributed by atoms with Crippen LogP contribution >= 0.6 is 0 Å². The third-order valence-corrected chi connectivity index (χ3v) is 5.24. The first-order chi connectivity index (χ1) is 12.2. The number of aryl methyl sites for hydroxylation is 1. The zero-order valence-electron chi connectivity index (χ0n) is 14.2. The highest BCUT2D eigenvalue weighted by molar-refractivity contribution is 5.82. The van der Waals surface area contributed by atoms with Crippen molar-refractivity contribution in [2.45, 2.75) is 51.0 Å². The molecule has 6 heteroatoms. The van der Waals surface area contributed by atoms with Gasteiger partial charge in [0.2, 0.25) is 5.91 Å². The monoisotopic (exact) mass is 342 g/mol. The molecule has 25 heavy (non-hydrogen) atoms. The summed E-state index contributed by atoms with van der Waals surface area (Å²) >= 11 is 0. The van der Waals surface area contributed by atoms with Crippen LogP contribution in [0, 0.1) is 11.7 Å². The van der Waals surface area contributed by atoms with Gasteiger partial charge in [0.15, 0.2) is 0 Å². The molecule has 2 atom stereocenters. The molecule has 0 spiro atoms. The van der Waals surface area contributed by atoms with E-state index in [1.807, 2.05) is 6.07 Å². The summed E-state index contributed by atoms with van der Waals surface area (Å²) in [5.41, 5.74) is 0.919. The molecule has 1 N–H and O–H groups in total. The summed E-state index contributed by atoms with van der Waals surface area (Å²) < 4.78 is 15.5. The first-order valence-electron chi connectivity index (χ1n) is 9.16. The molecule has 2 unspecified atom stereocenters. The van der Waals surface area contributed by atoms with Crippen molar-refractivity contribution in [2.24, 2.45) is 5.92 Å². The second kappa shape index (κ2) is 6.94. The third kappa shape index (κ3) is 3.57. The molecule has 4 rings (SSSR count). The van der Waals surface area contributed by atoms with Crippen LogP contribution in [0.2, 0.25) is 0 Å². The summed E-state index contributed by atoms with van der Waals surface area (Å²) in [4.78, 5) is 12.3. The molecule has 1 aromatic carbocycles. The van der Waals surface area contributed by atoms with Gasteiger partial charge in [0, 0.05) is 31.8 Å². The molecule has 1 aromatic heterocycles. The number of halogens is 1. The lowest BCUT2D eigenvalue weighted by Gasteiger charge is -2.08. The van der Waals surface area contributed by atoms with Crippen molar-refractivity contribution >= 4 is 5.91 Å². The molecule has 1 amide bonds. The molecule has 2 aliphatic rings. The molecule has 1 saturated carbocycles. The largest absolute Gasteiger partial charge is 0.355 e. The Bertz CT molecular complexity index is 773. The highest BCUT2D eigenvalue weighted by Gasteiger charge is 2.43. The van der Waals surface area contributed by atoms with E-state index in [1.54, 1.807) is 6.07 Å². The van der Waals surface area contributed by atoms with Crippen LogP contribution in [0.1, 0.15) is 48.8 Å². The van der Waals surface area contributed by atoms with Crippen molar-refractivity contribution in [1.82, 2.24) is 20.1 Å². The first-order valence-corrected chi connectivity index (χ1v) is 9.16. The molecule has 0 radical (unpaired) electrons. The number of rotatable bonds is 5. The second-order valence-corrected chi connectivity index (χ2v) is 7.04. The fourth-order valence-corrected chi connectivity index (χ4v) is 3.75. The molecular formula is C19H23FN4O. The number of carbonyl (C=O) groups is 1. The van der Waals surface area contributed by atoms with Gasteiger partial charge in [-0.15, -0.1) is 10.2 Å². The fraction of sp³-hybridized carbons (Fsp3) is 0.526. The van der Waals surface area contributed by atoms with E-state index >= 15 is 0 Å². The van der Waals surface area contributed by atoms with Crippen LogP contribution in [-0.2, 0) is 24.2 Å². The van der Waals surface area contributed by atoms with Crippen LogP contribution in [0.15, 0.2) is 24.3 Å². The maximum absolute atomic E-state index is 13.3. The van der Waals surface area contributed by atoms with Gasteiger partial charge in [0.25, 0.3) is 0 Å². The van der Waals surface area contributed by atoms with Crippen molar-refractivity contribution in [2.75, 3.05) is 6.54 Å². The summed E-state index contributed by atoms with van der Waals surface area (Å²) in [7, 11) is 0. The normalized spacial score (nSPS) is 22.1. The summed E-state index contributed by atoms with van der Waals surface area (Å²) in [5, 5.41) is 11.6. The maximum atomic E-state index is 13.3. The summed E-state index contributed by atoms with van der Waals surface area (Å²) in [5.74, 6) is 1.99. The van der Waals surface area contributed by atoms with Crippen LogP contribution in [0.5, 0.6) is 0 Å². The SMILES string of the molecule is O=C(NCCc1nnc2n1CCCCC2)C1CC1c1cccc(F)c1. The van der Waals surface area contributed by atoms with Crippen molar-refractivity contribution in [3.63, 3.8) is 0 Å². The van der Waals surface area contributed by atoms with Gasteiger partial charge < -0.3 is 9.88 Å². The van der Waals surface area contributed by atoms with Crippen LogP contribution in [-0.4, -0.2) is 27.2 Å². The average Bonchev–Trinajstić information content (AvgIpc) is 3.37. The number of amides is 1. The highest BCUT2D eigenvalue weighted by Crippen LogP contribution is 2.47. The minimum Gasteiger partial charge on any atom is -0.355 e. The fourth-order valence-electron chi connectivity index (χ4n) is 3.75. The van der Waals surface area contributed by atoms with E-state index in [2.05, 4.69) is 20.1 Å². The summed E-state index contributed by atoms with van der Waals surface area (Å²) in [6.07, 6.45) is 6.09. The standard InChI is InChI=1S/C19H23FN4O/c20-14-6-4-5-13(11-14)15-12-16(15)19(25)21-9-8-18-23-22-17-7-2-1-3-10-24(17)18/h4-6,11,15-16H,1-3,7-10,12H2,(H,21,25). The van der Waals surface area contributed by atoms with Crippen LogP contribution in [0.25, 0.3) is 0 Å². The minimum absolute atomic E-state index is 0.0303. The van der Waals surface area contributed by atoms with Gasteiger partial charge in [-0.25, -0.2) is 4.39 Å². The molecule has 0 saturated heterocycles. The number of fused-ring (bicyclic) bond motifs is 1. The summed E-state index contributed by atoms with van der Waals surface area (Å²) in [6.45, 7) is 1.55. The topological polar surface area (TPSA) is 59.8 Å². The number of hydrogen-bond donors (Lipinski definition) is 1. The van der Waals surface area contributed by atoms with Crippen LogP contribution in [0.4, 0.5) is 4.39 Å². The second-order valence-electron chi connectivity index (χ2n) is 7.04. The molecule has 132 valence electrons. The number of nitrogens with one attached hydrogen (secondary N) is 1. The predicted octanol–water partition coefficient (Wildman–Crippen LogP) is 2.61. The lowest BCUT2D eigenvalue weighted by atomic mass is 10.1. The quantitative estimate of drug-likeness (QED) is 0.909. The summed E-state index contributed by atoms with van der Waals surface area (Å²) in [6, 6.07) is 6.56. The minimum atomic E-state index is -0.240. The first kappa shape index (κ1) is 16.2. The van der Waals surface area contributed by atoms with E-state index < -0.39 is 0 Å². The van der Waals surface area contributed by atoms with Crippen molar-refractivity contribution in [3.8, 4) is 0 Å². The number of aromatic nitrogens is 3. The van der Waals surface area contributed by atoms with Gasteiger partial charge in [0.05, 0.1) is 0 Å². The Balaban J connectivity index is 1.28. The van der Waals surface area contributed by atoms with Gasteiger partial charge in [-0.2, -0.15) is 0 Å². The Labute approximate surface area is 146 Å². The maximum Gasteiger partial charge on any atom is 0.223 e. The van der Waals surface area contributed by atoms with E-state index in [4.69, 9.17) is 0 Å². The van der Waals surface area contributed by atoms with E-state index in [9.17, 15) is 9.18 Å². The molecule has 1 fully saturated rings. The molecular weight excluding hydrogens is 319 g/mol. The molecule has 2 heterocycles. The van der Waals surface area contributed by atoms with E-state index in [0.717, 1.165) is 36.6 Å². The van der Waals surface area contributed by atoms with Crippen LogP contribution < -0.4 is 5.32 Å². The van der Waals surface area contributed by atoms with E-state index in [0.29, 0.717) is 13.0 Å². The smallest absolute Gasteiger partial charge is 0.223 e. The zero-order chi connectivity index (χ0) is 17.2. The van der Waals surface area contributed by atoms with Gasteiger partial charge in [0.1, 0.15) is 17.5 Å². The van der Waals surface area contributed by atoms with Crippen molar-refractivity contribution in [3.05, 3.63) is 47.3 Å².